The number of hydrogen-bond donors (Lipinski definition) is 1. The Hall–Kier alpha value is -1.88. The average molecular weight is 260 g/mol. The van der Waals surface area contributed by atoms with Crippen molar-refractivity contribution in [2.45, 2.75) is 33.9 Å². The van der Waals surface area contributed by atoms with E-state index in [1.54, 1.807) is 0 Å². The molecule has 0 atom stereocenters. The topological polar surface area (TPSA) is 68.2 Å². The van der Waals surface area contributed by atoms with Crippen LogP contribution in [0.25, 0.3) is 0 Å². The second kappa shape index (κ2) is 5.84. The summed E-state index contributed by atoms with van der Waals surface area (Å²) < 4.78 is 5.03. The van der Waals surface area contributed by atoms with Crippen LogP contribution >= 0.6 is 0 Å². The Morgan fingerprint density at radius 3 is 2.42 bits per heavy atom. The zero-order chi connectivity index (χ0) is 13.8. The summed E-state index contributed by atoms with van der Waals surface area (Å²) in [5.41, 5.74) is 9.15. The van der Waals surface area contributed by atoms with Gasteiger partial charge >= 0.3 is 0 Å². The summed E-state index contributed by atoms with van der Waals surface area (Å²) in [7, 11) is 0. The van der Waals surface area contributed by atoms with E-state index < -0.39 is 0 Å². The van der Waals surface area contributed by atoms with E-state index in [1.807, 2.05) is 0 Å². The number of benzene rings is 1. The molecule has 1 aromatic carbocycles. The minimum absolute atomic E-state index is 0.280. The lowest BCUT2D eigenvalue weighted by Crippen LogP contribution is -2.23. The Morgan fingerprint density at radius 1 is 1.21 bits per heavy atom. The van der Waals surface area contributed by atoms with Crippen molar-refractivity contribution in [2.75, 3.05) is 11.4 Å². The molecule has 1 aromatic heterocycles. The van der Waals surface area contributed by atoms with Gasteiger partial charge in [0, 0.05) is 12.2 Å². The average Bonchev–Trinajstić information content (AvgIpc) is 2.82. The third-order valence-corrected chi connectivity index (χ3v) is 2.97. The normalized spacial score (nSPS) is 10.7. The van der Waals surface area contributed by atoms with Crippen molar-refractivity contribution in [1.29, 1.82) is 0 Å². The number of nitrogens with zero attached hydrogens (tertiary/aromatic N) is 3. The van der Waals surface area contributed by atoms with Gasteiger partial charge < -0.3 is 15.2 Å². The summed E-state index contributed by atoms with van der Waals surface area (Å²) in [6, 6.07) is 6.50. The van der Waals surface area contributed by atoms with Crippen LogP contribution in [0.5, 0.6) is 0 Å². The molecule has 2 aromatic rings. The first-order chi connectivity index (χ1) is 9.12. The molecule has 0 bridgehead atoms. The van der Waals surface area contributed by atoms with E-state index in [0.29, 0.717) is 18.3 Å². The Balaban J connectivity index is 2.19. The van der Waals surface area contributed by atoms with E-state index in [4.69, 9.17) is 10.3 Å². The van der Waals surface area contributed by atoms with Crippen LogP contribution in [0.1, 0.15) is 29.8 Å². The molecular formula is C14H20N4O. The summed E-state index contributed by atoms with van der Waals surface area (Å²) in [5.74, 6) is 1.15. The SMILES string of the molecule is CCN(Cc1noc(CN)n1)c1cc(C)cc(C)c1. The van der Waals surface area contributed by atoms with Crippen LogP contribution in [0, 0.1) is 13.8 Å². The summed E-state index contributed by atoms with van der Waals surface area (Å²) in [6.07, 6.45) is 0. The molecule has 0 radical (unpaired) electrons. The second-order valence-corrected chi connectivity index (χ2v) is 4.67. The van der Waals surface area contributed by atoms with Gasteiger partial charge in [-0.3, -0.25) is 0 Å². The summed E-state index contributed by atoms with van der Waals surface area (Å²) in [6.45, 7) is 8.11. The van der Waals surface area contributed by atoms with Crippen molar-refractivity contribution in [3.8, 4) is 0 Å². The quantitative estimate of drug-likeness (QED) is 0.892. The highest BCUT2D eigenvalue weighted by Gasteiger charge is 2.11. The lowest BCUT2D eigenvalue weighted by molar-refractivity contribution is 0.374. The Labute approximate surface area is 113 Å². The highest BCUT2D eigenvalue weighted by molar-refractivity contribution is 5.50. The fourth-order valence-corrected chi connectivity index (χ4v) is 2.13. The van der Waals surface area contributed by atoms with Crippen LogP contribution in [-0.4, -0.2) is 16.7 Å². The Bertz CT molecular complexity index is 530. The lowest BCUT2D eigenvalue weighted by atomic mass is 10.1. The van der Waals surface area contributed by atoms with Crippen LogP contribution in [0.15, 0.2) is 22.7 Å². The predicted molar refractivity (Wildman–Crippen MR) is 74.8 cm³/mol. The molecule has 0 fully saturated rings. The number of aromatic nitrogens is 2. The van der Waals surface area contributed by atoms with Crippen LogP contribution < -0.4 is 10.6 Å². The lowest BCUT2D eigenvalue weighted by Gasteiger charge is -2.22. The Kier molecular flexibility index (Phi) is 4.16. The largest absolute Gasteiger partial charge is 0.364 e. The zero-order valence-electron chi connectivity index (χ0n) is 11.7. The third-order valence-electron chi connectivity index (χ3n) is 2.97. The van der Waals surface area contributed by atoms with Crippen LogP contribution in [-0.2, 0) is 13.1 Å². The van der Waals surface area contributed by atoms with E-state index in [1.165, 1.54) is 16.8 Å². The molecule has 5 nitrogen and oxygen atoms in total. The van der Waals surface area contributed by atoms with Gasteiger partial charge in [0.05, 0.1) is 13.1 Å². The van der Waals surface area contributed by atoms with Gasteiger partial charge in [0.15, 0.2) is 5.82 Å². The van der Waals surface area contributed by atoms with Gasteiger partial charge in [0.2, 0.25) is 5.89 Å². The summed E-state index contributed by atoms with van der Waals surface area (Å²) >= 11 is 0. The van der Waals surface area contributed by atoms with E-state index in [9.17, 15) is 0 Å². The van der Waals surface area contributed by atoms with E-state index in [2.05, 4.69) is 54.0 Å². The predicted octanol–water partition coefficient (Wildman–Crippen LogP) is 2.17. The first-order valence-electron chi connectivity index (χ1n) is 6.47. The molecule has 2 N–H and O–H groups in total. The third kappa shape index (κ3) is 3.32. The van der Waals surface area contributed by atoms with Crippen molar-refractivity contribution < 1.29 is 4.52 Å². The molecule has 2 rings (SSSR count). The van der Waals surface area contributed by atoms with Crippen molar-refractivity contribution in [1.82, 2.24) is 10.1 Å². The van der Waals surface area contributed by atoms with Gasteiger partial charge in [-0.15, -0.1) is 0 Å². The van der Waals surface area contributed by atoms with Gasteiger partial charge in [-0.05, 0) is 44.0 Å². The molecule has 0 saturated carbocycles. The van der Waals surface area contributed by atoms with E-state index in [0.717, 1.165) is 6.54 Å². The highest BCUT2D eigenvalue weighted by Crippen LogP contribution is 2.20. The smallest absolute Gasteiger partial charge is 0.240 e. The van der Waals surface area contributed by atoms with Gasteiger partial charge in [-0.1, -0.05) is 11.2 Å². The highest BCUT2D eigenvalue weighted by atomic mass is 16.5. The molecule has 5 heteroatoms. The minimum atomic E-state index is 0.280. The minimum Gasteiger partial charge on any atom is -0.364 e. The Morgan fingerprint density at radius 2 is 1.89 bits per heavy atom. The van der Waals surface area contributed by atoms with Crippen LogP contribution in [0.3, 0.4) is 0 Å². The second-order valence-electron chi connectivity index (χ2n) is 4.67. The van der Waals surface area contributed by atoms with E-state index >= 15 is 0 Å². The number of anilines is 1. The number of rotatable bonds is 5. The summed E-state index contributed by atoms with van der Waals surface area (Å²) in [5, 5.41) is 3.94. The molecular weight excluding hydrogens is 240 g/mol. The molecule has 0 amide bonds. The monoisotopic (exact) mass is 260 g/mol. The molecule has 0 unspecified atom stereocenters. The fourth-order valence-electron chi connectivity index (χ4n) is 2.13. The van der Waals surface area contributed by atoms with Crippen molar-refractivity contribution in [3.63, 3.8) is 0 Å². The van der Waals surface area contributed by atoms with Gasteiger partial charge in [-0.25, -0.2) is 0 Å². The first kappa shape index (κ1) is 13.5. The number of nitrogens with two attached hydrogens (primary N) is 1. The zero-order valence-corrected chi connectivity index (χ0v) is 11.7. The standard InChI is InChI=1S/C14H20N4O/c1-4-18(9-13-16-14(8-15)19-17-13)12-6-10(2)5-11(3)7-12/h5-7H,4,8-9,15H2,1-3H3. The van der Waals surface area contributed by atoms with Gasteiger partial charge in [0.1, 0.15) is 0 Å². The van der Waals surface area contributed by atoms with E-state index in [-0.39, 0.29) is 6.54 Å². The summed E-state index contributed by atoms with van der Waals surface area (Å²) in [4.78, 5) is 6.46. The maximum absolute atomic E-state index is 5.47. The van der Waals surface area contributed by atoms with Crippen molar-refractivity contribution in [3.05, 3.63) is 41.0 Å². The van der Waals surface area contributed by atoms with Gasteiger partial charge in [0.25, 0.3) is 0 Å². The molecule has 1 heterocycles. The molecule has 102 valence electrons. The van der Waals surface area contributed by atoms with Crippen molar-refractivity contribution in [2.24, 2.45) is 5.73 Å². The molecule has 0 aliphatic heterocycles. The molecule has 0 saturated heterocycles. The van der Waals surface area contributed by atoms with Crippen molar-refractivity contribution >= 4 is 5.69 Å². The molecule has 0 aliphatic rings. The molecule has 0 aliphatic carbocycles. The van der Waals surface area contributed by atoms with Crippen LogP contribution in [0.2, 0.25) is 0 Å². The first-order valence-corrected chi connectivity index (χ1v) is 6.47. The maximum Gasteiger partial charge on any atom is 0.240 e. The number of aryl methyl sites for hydroxylation is 2. The van der Waals surface area contributed by atoms with Gasteiger partial charge in [-0.2, -0.15) is 4.98 Å². The maximum atomic E-state index is 5.47. The fraction of sp³-hybridized carbons (Fsp3) is 0.429. The van der Waals surface area contributed by atoms with Crippen LogP contribution in [0.4, 0.5) is 5.69 Å². The number of hydrogen-bond acceptors (Lipinski definition) is 5. The molecule has 19 heavy (non-hydrogen) atoms. The molecule has 0 spiro atoms.